The number of nitrogens with one attached hydrogen (secondary N) is 1. The molecule has 1 rings (SSSR count). The molecule has 0 bridgehead atoms. The molecule has 0 unspecified atom stereocenters. The molecule has 0 aliphatic rings. The molecule has 0 aromatic heterocycles. The fourth-order valence-electron chi connectivity index (χ4n) is 1.15. The second-order valence-corrected chi connectivity index (χ2v) is 4.31. The molecule has 0 heterocycles. The summed E-state index contributed by atoms with van der Waals surface area (Å²) in [6, 6.07) is 4.43. The topological polar surface area (TPSA) is 93.8 Å². The van der Waals surface area contributed by atoms with E-state index in [1.165, 1.54) is 19.1 Å². The maximum atomic E-state index is 11.3. The van der Waals surface area contributed by atoms with E-state index in [0.29, 0.717) is 10.2 Å². The van der Waals surface area contributed by atoms with Gasteiger partial charge in [-0.15, -0.1) is 0 Å². The number of nitro groups is 1. The van der Waals surface area contributed by atoms with Crippen LogP contribution in [-0.2, 0) is 9.53 Å². The third kappa shape index (κ3) is 4.32. The molecule has 1 N–H and O–H groups in total. The van der Waals surface area contributed by atoms with Gasteiger partial charge < -0.3 is 4.74 Å². The number of hydrogen-bond donors (Lipinski definition) is 1. The van der Waals surface area contributed by atoms with Gasteiger partial charge in [0.2, 0.25) is 0 Å². The normalized spacial score (nSPS) is 11.0. The summed E-state index contributed by atoms with van der Waals surface area (Å²) < 4.78 is 5.12. The number of anilines is 1. The van der Waals surface area contributed by atoms with Gasteiger partial charge in [-0.1, -0.05) is 0 Å². The van der Waals surface area contributed by atoms with Crippen LogP contribution in [0.2, 0.25) is 0 Å². The Morgan fingerprint density at radius 2 is 2.26 bits per heavy atom. The van der Waals surface area contributed by atoms with Crippen LogP contribution >= 0.6 is 15.9 Å². The van der Waals surface area contributed by atoms with Crippen LogP contribution in [0.5, 0.6) is 0 Å². The lowest BCUT2D eigenvalue weighted by atomic mass is 10.3. The van der Waals surface area contributed by atoms with Crippen molar-refractivity contribution in [3.63, 3.8) is 0 Å². The Morgan fingerprint density at radius 3 is 2.84 bits per heavy atom. The van der Waals surface area contributed by atoms with E-state index in [4.69, 9.17) is 4.74 Å². The summed E-state index contributed by atoms with van der Waals surface area (Å²) in [4.78, 5) is 21.5. The molecular formula is C11H12BrN3O4. The van der Waals surface area contributed by atoms with Crippen molar-refractivity contribution in [2.24, 2.45) is 5.10 Å². The van der Waals surface area contributed by atoms with Crippen LogP contribution in [-0.4, -0.2) is 23.2 Å². The molecule has 0 aliphatic heterocycles. The molecule has 7 nitrogen and oxygen atoms in total. The Morgan fingerprint density at radius 1 is 1.58 bits per heavy atom. The summed E-state index contributed by atoms with van der Waals surface area (Å²) >= 11 is 3.08. The molecule has 102 valence electrons. The van der Waals surface area contributed by atoms with Crippen molar-refractivity contribution in [1.82, 2.24) is 0 Å². The fourth-order valence-corrected chi connectivity index (χ4v) is 1.54. The zero-order chi connectivity index (χ0) is 14.4. The SMILES string of the molecule is CCOC(=O)/C(C)=N\Nc1ccc(Br)c([N+](=O)[O-])c1. The molecule has 19 heavy (non-hydrogen) atoms. The van der Waals surface area contributed by atoms with Crippen LogP contribution < -0.4 is 5.43 Å². The highest BCUT2D eigenvalue weighted by atomic mass is 79.9. The zero-order valence-electron chi connectivity index (χ0n) is 10.3. The fraction of sp³-hybridized carbons (Fsp3) is 0.273. The number of carbonyl (C=O) groups is 1. The van der Waals surface area contributed by atoms with Crippen LogP contribution in [0, 0.1) is 10.1 Å². The van der Waals surface area contributed by atoms with Gasteiger partial charge in [0, 0.05) is 6.07 Å². The standard InChI is InChI=1S/C11H12BrN3O4/c1-3-19-11(16)7(2)13-14-8-4-5-9(12)10(6-8)15(17)18/h4-6,14H,3H2,1-2H3/b13-7-. The van der Waals surface area contributed by atoms with Crippen molar-refractivity contribution in [1.29, 1.82) is 0 Å². The van der Waals surface area contributed by atoms with E-state index in [1.54, 1.807) is 13.0 Å². The first-order chi connectivity index (χ1) is 8.95. The van der Waals surface area contributed by atoms with E-state index >= 15 is 0 Å². The third-order valence-electron chi connectivity index (χ3n) is 2.07. The van der Waals surface area contributed by atoms with E-state index in [1.807, 2.05) is 0 Å². The highest BCUT2D eigenvalue weighted by Crippen LogP contribution is 2.27. The predicted molar refractivity (Wildman–Crippen MR) is 74.2 cm³/mol. The Kier molecular flexibility index (Phi) is 5.43. The summed E-state index contributed by atoms with van der Waals surface area (Å²) in [5.41, 5.74) is 3.01. The average Bonchev–Trinajstić information content (AvgIpc) is 2.37. The monoisotopic (exact) mass is 329 g/mol. The number of nitro benzene ring substituents is 1. The van der Waals surface area contributed by atoms with E-state index in [2.05, 4.69) is 26.5 Å². The van der Waals surface area contributed by atoms with Gasteiger partial charge in [0.25, 0.3) is 5.69 Å². The van der Waals surface area contributed by atoms with Gasteiger partial charge in [0.05, 0.1) is 21.7 Å². The Labute approximate surface area is 117 Å². The lowest BCUT2D eigenvalue weighted by Crippen LogP contribution is -2.15. The minimum atomic E-state index is -0.540. The summed E-state index contributed by atoms with van der Waals surface area (Å²) in [6.45, 7) is 3.43. The van der Waals surface area contributed by atoms with Crippen molar-refractivity contribution in [2.45, 2.75) is 13.8 Å². The van der Waals surface area contributed by atoms with Crippen molar-refractivity contribution < 1.29 is 14.5 Å². The van der Waals surface area contributed by atoms with Crippen molar-refractivity contribution >= 4 is 39.0 Å². The highest BCUT2D eigenvalue weighted by Gasteiger charge is 2.12. The number of halogens is 1. The van der Waals surface area contributed by atoms with Crippen LogP contribution in [0.3, 0.4) is 0 Å². The Balaban J connectivity index is 2.83. The van der Waals surface area contributed by atoms with E-state index in [-0.39, 0.29) is 18.0 Å². The van der Waals surface area contributed by atoms with E-state index < -0.39 is 10.9 Å². The van der Waals surface area contributed by atoms with Crippen LogP contribution in [0.4, 0.5) is 11.4 Å². The number of hydrogen-bond acceptors (Lipinski definition) is 6. The average molecular weight is 330 g/mol. The number of nitrogens with zero attached hydrogens (tertiary/aromatic N) is 2. The summed E-state index contributed by atoms with van der Waals surface area (Å²) in [6.07, 6.45) is 0. The van der Waals surface area contributed by atoms with Gasteiger partial charge in [-0.2, -0.15) is 5.10 Å². The Bertz CT molecular complexity index is 531. The van der Waals surface area contributed by atoms with Crippen molar-refractivity contribution in [3.8, 4) is 0 Å². The molecule has 0 fully saturated rings. The minimum absolute atomic E-state index is 0.0889. The van der Waals surface area contributed by atoms with E-state index in [0.717, 1.165) is 0 Å². The van der Waals surface area contributed by atoms with Gasteiger partial charge >= 0.3 is 5.97 Å². The van der Waals surface area contributed by atoms with Crippen molar-refractivity contribution in [3.05, 3.63) is 32.8 Å². The lowest BCUT2D eigenvalue weighted by molar-refractivity contribution is -0.385. The van der Waals surface area contributed by atoms with Gasteiger partial charge in [0.1, 0.15) is 5.71 Å². The van der Waals surface area contributed by atoms with Gasteiger partial charge in [-0.3, -0.25) is 15.5 Å². The highest BCUT2D eigenvalue weighted by molar-refractivity contribution is 9.10. The van der Waals surface area contributed by atoms with Crippen LogP contribution in [0.25, 0.3) is 0 Å². The third-order valence-corrected chi connectivity index (χ3v) is 2.74. The zero-order valence-corrected chi connectivity index (χ0v) is 11.9. The maximum absolute atomic E-state index is 11.3. The lowest BCUT2D eigenvalue weighted by Gasteiger charge is -2.04. The second-order valence-electron chi connectivity index (χ2n) is 3.45. The van der Waals surface area contributed by atoms with E-state index in [9.17, 15) is 14.9 Å². The first-order valence-corrected chi connectivity index (χ1v) is 6.16. The number of hydrazone groups is 1. The molecule has 8 heteroatoms. The number of rotatable bonds is 5. The van der Waals surface area contributed by atoms with Crippen LogP contribution in [0.1, 0.15) is 13.8 Å². The molecule has 0 saturated carbocycles. The summed E-state index contributed by atoms with van der Waals surface area (Å²) in [5, 5.41) is 14.5. The molecule has 0 atom stereocenters. The molecule has 0 aliphatic carbocycles. The Hall–Kier alpha value is -1.96. The van der Waals surface area contributed by atoms with Gasteiger partial charge in [-0.25, -0.2) is 4.79 Å². The number of carbonyl (C=O) groups excluding carboxylic acids is 1. The smallest absolute Gasteiger partial charge is 0.354 e. The summed E-state index contributed by atoms with van der Waals surface area (Å²) in [5.74, 6) is -0.540. The van der Waals surface area contributed by atoms with Gasteiger partial charge in [0.15, 0.2) is 0 Å². The molecule has 0 spiro atoms. The molecular weight excluding hydrogens is 318 g/mol. The van der Waals surface area contributed by atoms with Gasteiger partial charge in [-0.05, 0) is 41.9 Å². The van der Waals surface area contributed by atoms with Crippen LogP contribution in [0.15, 0.2) is 27.8 Å². The number of benzene rings is 1. The minimum Gasteiger partial charge on any atom is -0.461 e. The molecule has 0 radical (unpaired) electrons. The molecule has 0 saturated heterocycles. The number of ether oxygens (including phenoxy) is 1. The first-order valence-electron chi connectivity index (χ1n) is 5.37. The summed E-state index contributed by atoms with van der Waals surface area (Å²) in [7, 11) is 0. The second kappa shape index (κ2) is 6.83. The quantitative estimate of drug-likeness (QED) is 0.388. The maximum Gasteiger partial charge on any atom is 0.354 e. The van der Waals surface area contributed by atoms with Crippen molar-refractivity contribution in [2.75, 3.05) is 12.0 Å². The molecule has 0 amide bonds. The molecule has 1 aromatic rings. The largest absolute Gasteiger partial charge is 0.461 e. The molecule has 1 aromatic carbocycles. The first kappa shape index (κ1) is 15.1. The number of esters is 1. The predicted octanol–water partition coefficient (Wildman–Crippen LogP) is 2.71.